The number of aryl methyl sites for hydroxylation is 1. The van der Waals surface area contributed by atoms with Crippen molar-refractivity contribution in [3.8, 4) is 0 Å². The van der Waals surface area contributed by atoms with Crippen LogP contribution in [0.25, 0.3) is 0 Å². The Morgan fingerprint density at radius 1 is 1.58 bits per heavy atom. The lowest BCUT2D eigenvalue weighted by molar-refractivity contribution is -0.114. The molecule has 1 N–H and O–H groups in total. The highest BCUT2D eigenvalue weighted by molar-refractivity contribution is 5.88. The van der Waals surface area contributed by atoms with Crippen molar-refractivity contribution >= 4 is 11.6 Å². The van der Waals surface area contributed by atoms with Crippen molar-refractivity contribution in [1.29, 1.82) is 0 Å². The van der Waals surface area contributed by atoms with Crippen LogP contribution in [0.2, 0.25) is 0 Å². The van der Waals surface area contributed by atoms with Gasteiger partial charge in [0, 0.05) is 13.0 Å². The van der Waals surface area contributed by atoms with Crippen LogP contribution in [0.15, 0.2) is 21.5 Å². The van der Waals surface area contributed by atoms with Crippen molar-refractivity contribution in [2.75, 3.05) is 5.32 Å². The number of hydrogen-bond acceptors (Lipinski definition) is 3. The van der Waals surface area contributed by atoms with Gasteiger partial charge in [-0.05, 0) is 6.92 Å². The first kappa shape index (κ1) is 8.52. The van der Waals surface area contributed by atoms with E-state index in [0.717, 1.165) is 0 Å². The van der Waals surface area contributed by atoms with E-state index in [1.807, 2.05) is 0 Å². The first-order valence-electron chi connectivity index (χ1n) is 3.46. The number of carbonyl (C=O) groups excluding carboxylic acids is 1. The van der Waals surface area contributed by atoms with E-state index in [1.54, 1.807) is 6.92 Å². The van der Waals surface area contributed by atoms with Gasteiger partial charge in [0.1, 0.15) is 17.7 Å². The predicted octanol–water partition coefficient (Wildman–Crippen LogP) is 0.907. The van der Waals surface area contributed by atoms with Crippen LogP contribution in [-0.4, -0.2) is 5.91 Å². The van der Waals surface area contributed by atoms with E-state index < -0.39 is 0 Å². The molecule has 4 nitrogen and oxygen atoms in total. The summed E-state index contributed by atoms with van der Waals surface area (Å²) in [7, 11) is 0. The van der Waals surface area contributed by atoms with E-state index in [2.05, 4.69) is 5.32 Å². The predicted molar refractivity (Wildman–Crippen MR) is 44.0 cm³/mol. The second kappa shape index (κ2) is 3.21. The molecule has 0 aliphatic heterocycles. The van der Waals surface area contributed by atoms with Crippen LogP contribution in [0.3, 0.4) is 0 Å². The first-order chi connectivity index (χ1) is 5.59. The van der Waals surface area contributed by atoms with Gasteiger partial charge in [0.05, 0.1) is 0 Å². The molecule has 0 saturated carbocycles. The number of carbonyl (C=O) groups is 1. The van der Waals surface area contributed by atoms with Crippen LogP contribution in [0.4, 0.5) is 5.69 Å². The van der Waals surface area contributed by atoms with Crippen LogP contribution >= 0.6 is 0 Å². The van der Waals surface area contributed by atoms with Gasteiger partial charge in [-0.15, -0.1) is 0 Å². The number of anilines is 1. The molecule has 0 aliphatic rings. The molecule has 1 aromatic rings. The molecule has 0 atom stereocenters. The average molecular weight is 167 g/mol. The fourth-order valence-electron chi connectivity index (χ4n) is 0.787. The van der Waals surface area contributed by atoms with Gasteiger partial charge in [-0.2, -0.15) is 0 Å². The smallest absolute Gasteiger partial charge is 0.221 e. The normalized spacial score (nSPS) is 9.50. The summed E-state index contributed by atoms with van der Waals surface area (Å²) in [6, 6.07) is 1.32. The quantitative estimate of drug-likeness (QED) is 0.676. The van der Waals surface area contributed by atoms with E-state index in [4.69, 9.17) is 4.42 Å². The molecule has 1 rings (SSSR count). The topological polar surface area (TPSA) is 59.3 Å². The Bertz CT molecular complexity index is 354. The molecule has 4 heteroatoms. The standard InChI is InChI=1S/C8H9NO3/c1-5-3-8(11)7(4-12-5)9-6(2)10/h3-4H,1-2H3,(H,9,10). The minimum atomic E-state index is -0.286. The number of amides is 1. The Balaban J connectivity index is 3.02. The van der Waals surface area contributed by atoms with Crippen LogP contribution in [0.1, 0.15) is 12.7 Å². The van der Waals surface area contributed by atoms with Gasteiger partial charge in [0.25, 0.3) is 0 Å². The van der Waals surface area contributed by atoms with Gasteiger partial charge in [0.2, 0.25) is 11.3 Å². The largest absolute Gasteiger partial charge is 0.467 e. The van der Waals surface area contributed by atoms with Crippen LogP contribution < -0.4 is 10.7 Å². The Kier molecular flexibility index (Phi) is 2.28. The molecule has 64 valence electrons. The summed E-state index contributed by atoms with van der Waals surface area (Å²) in [5.74, 6) is 0.236. The van der Waals surface area contributed by atoms with Gasteiger partial charge in [-0.3, -0.25) is 9.59 Å². The third kappa shape index (κ3) is 1.95. The summed E-state index contributed by atoms with van der Waals surface area (Å²) < 4.78 is 4.93. The average Bonchev–Trinajstić information content (AvgIpc) is 1.94. The van der Waals surface area contributed by atoms with Crippen molar-refractivity contribution in [2.45, 2.75) is 13.8 Å². The third-order valence-electron chi connectivity index (χ3n) is 1.27. The van der Waals surface area contributed by atoms with Crippen molar-refractivity contribution in [2.24, 2.45) is 0 Å². The van der Waals surface area contributed by atoms with E-state index >= 15 is 0 Å². The lowest BCUT2D eigenvalue weighted by Gasteiger charge is -1.98. The fourth-order valence-corrected chi connectivity index (χ4v) is 0.787. The second-order valence-electron chi connectivity index (χ2n) is 2.45. The van der Waals surface area contributed by atoms with Crippen molar-refractivity contribution in [3.05, 3.63) is 28.3 Å². The molecule has 1 aromatic heterocycles. The zero-order valence-electron chi connectivity index (χ0n) is 6.88. The van der Waals surface area contributed by atoms with Gasteiger partial charge >= 0.3 is 0 Å². The summed E-state index contributed by atoms with van der Waals surface area (Å²) in [4.78, 5) is 21.7. The molecule has 0 aliphatic carbocycles. The first-order valence-corrected chi connectivity index (χ1v) is 3.46. The fraction of sp³-hybridized carbons (Fsp3) is 0.250. The lowest BCUT2D eigenvalue weighted by Crippen LogP contribution is -2.14. The van der Waals surface area contributed by atoms with Crippen molar-refractivity contribution in [3.63, 3.8) is 0 Å². The van der Waals surface area contributed by atoms with Gasteiger partial charge in [-0.1, -0.05) is 0 Å². The molecular weight excluding hydrogens is 158 g/mol. The van der Waals surface area contributed by atoms with Crippen LogP contribution in [0, 0.1) is 6.92 Å². The number of nitrogens with one attached hydrogen (secondary N) is 1. The Morgan fingerprint density at radius 2 is 2.25 bits per heavy atom. The molecule has 1 amide bonds. The highest BCUT2D eigenvalue weighted by Crippen LogP contribution is 2.00. The summed E-state index contributed by atoms with van der Waals surface area (Å²) >= 11 is 0. The van der Waals surface area contributed by atoms with Crippen LogP contribution in [0.5, 0.6) is 0 Å². The third-order valence-corrected chi connectivity index (χ3v) is 1.27. The summed E-state index contributed by atoms with van der Waals surface area (Å²) in [6.45, 7) is 3.00. The monoisotopic (exact) mass is 167 g/mol. The van der Waals surface area contributed by atoms with Gasteiger partial charge in [0.15, 0.2) is 0 Å². The number of hydrogen-bond donors (Lipinski definition) is 1. The molecular formula is C8H9NO3. The van der Waals surface area contributed by atoms with Crippen molar-refractivity contribution in [1.82, 2.24) is 0 Å². The van der Waals surface area contributed by atoms with Gasteiger partial charge < -0.3 is 9.73 Å². The molecule has 0 fully saturated rings. The maximum atomic E-state index is 11.1. The van der Waals surface area contributed by atoms with E-state index in [1.165, 1.54) is 19.3 Å². The van der Waals surface area contributed by atoms with Crippen molar-refractivity contribution < 1.29 is 9.21 Å². The Morgan fingerprint density at radius 3 is 2.75 bits per heavy atom. The Labute approximate surface area is 69.2 Å². The zero-order chi connectivity index (χ0) is 9.14. The lowest BCUT2D eigenvalue weighted by atomic mass is 10.3. The van der Waals surface area contributed by atoms with E-state index in [-0.39, 0.29) is 17.0 Å². The molecule has 0 spiro atoms. The molecule has 0 radical (unpaired) electrons. The molecule has 12 heavy (non-hydrogen) atoms. The minimum Gasteiger partial charge on any atom is -0.467 e. The zero-order valence-corrected chi connectivity index (χ0v) is 6.88. The maximum absolute atomic E-state index is 11.1. The highest BCUT2D eigenvalue weighted by atomic mass is 16.3. The highest BCUT2D eigenvalue weighted by Gasteiger charge is 2.01. The summed E-state index contributed by atoms with van der Waals surface area (Å²) in [5.41, 5.74) is -0.0675. The Hall–Kier alpha value is -1.58. The molecule has 0 saturated heterocycles. The summed E-state index contributed by atoms with van der Waals surface area (Å²) in [5, 5.41) is 2.36. The van der Waals surface area contributed by atoms with Gasteiger partial charge in [-0.25, -0.2) is 0 Å². The molecule has 0 bridgehead atoms. The van der Waals surface area contributed by atoms with E-state index in [0.29, 0.717) is 5.76 Å². The number of rotatable bonds is 1. The molecule has 0 unspecified atom stereocenters. The SMILES string of the molecule is CC(=O)Nc1coc(C)cc1=O. The van der Waals surface area contributed by atoms with Crippen LogP contribution in [-0.2, 0) is 4.79 Å². The van der Waals surface area contributed by atoms with E-state index in [9.17, 15) is 9.59 Å². The second-order valence-corrected chi connectivity index (χ2v) is 2.45. The minimum absolute atomic E-state index is 0.174. The molecule has 0 aromatic carbocycles. The molecule has 1 heterocycles. The summed E-state index contributed by atoms with van der Waals surface area (Å²) in [6.07, 6.45) is 1.24. The maximum Gasteiger partial charge on any atom is 0.221 e.